The van der Waals surface area contributed by atoms with Gasteiger partial charge in [0.05, 0.1) is 18.4 Å². The molecule has 1 aromatic carbocycles. The van der Waals surface area contributed by atoms with E-state index in [-0.39, 0.29) is 56.2 Å². The third kappa shape index (κ3) is 23.3. The summed E-state index contributed by atoms with van der Waals surface area (Å²) >= 11 is 0. The number of unbranched alkanes of at least 4 members (excludes halogenated alkanes) is 2. The SMILES string of the molecule is C/C=C1\NC(=O)[C@H](CCN)NC(=O)CC(CCCCC)OC(=O)C(Cc2ccccc2)NC(=O)[C@H](CN)NC(=O)C(CC(=O)O)NC(=O)[C@H](C(C)(C)O)NC(=O)[C@H](CC(C)C)NC(=O)C(CN)NC(=O)[C@H](CC(C)C)NC1=O. The van der Waals surface area contributed by atoms with Crippen molar-refractivity contribution in [3.8, 4) is 0 Å². The molecule has 0 bridgehead atoms. The molecule has 78 heavy (non-hydrogen) atoms. The Hall–Kier alpha value is -7.03. The van der Waals surface area contributed by atoms with E-state index in [4.69, 9.17) is 21.9 Å². The summed E-state index contributed by atoms with van der Waals surface area (Å²) in [6.45, 7) is 11.4. The van der Waals surface area contributed by atoms with Crippen LogP contribution >= 0.6 is 0 Å². The maximum absolute atomic E-state index is 14.2. The number of hydrogen-bond donors (Lipinski definition) is 14. The molecule has 0 spiro atoms. The van der Waals surface area contributed by atoms with Crippen LogP contribution in [0.4, 0.5) is 0 Å². The molecule has 9 amide bonds. The van der Waals surface area contributed by atoms with Gasteiger partial charge in [-0.15, -0.1) is 0 Å². The number of carboxylic acid groups (broad SMARTS) is 1. The molecule has 26 nitrogen and oxygen atoms in total. The van der Waals surface area contributed by atoms with Gasteiger partial charge in [-0.2, -0.15) is 0 Å². The second-order valence-electron chi connectivity index (χ2n) is 20.6. The van der Waals surface area contributed by atoms with Gasteiger partial charge in [-0.25, -0.2) is 4.79 Å². The highest BCUT2D eigenvalue weighted by molar-refractivity contribution is 6.02. The second kappa shape index (κ2) is 33.3. The van der Waals surface area contributed by atoms with E-state index in [1.807, 2.05) is 6.92 Å². The number of ether oxygens (including phenoxy) is 1. The molecule has 0 aromatic heterocycles. The molecule has 436 valence electrons. The third-order valence-electron chi connectivity index (χ3n) is 12.3. The minimum Gasteiger partial charge on any atom is -0.481 e. The van der Waals surface area contributed by atoms with E-state index in [1.165, 1.54) is 13.0 Å². The van der Waals surface area contributed by atoms with Crippen molar-refractivity contribution in [2.24, 2.45) is 29.0 Å². The van der Waals surface area contributed by atoms with Crippen LogP contribution in [-0.2, 0) is 63.9 Å². The first-order chi connectivity index (χ1) is 36.7. The Morgan fingerprint density at radius 2 is 1.15 bits per heavy atom. The predicted molar refractivity (Wildman–Crippen MR) is 285 cm³/mol. The highest BCUT2D eigenvalue weighted by Gasteiger charge is 2.40. The first-order valence-electron chi connectivity index (χ1n) is 26.4. The first-order valence-corrected chi connectivity index (χ1v) is 26.4. The molecule has 1 heterocycles. The lowest BCUT2D eigenvalue weighted by Crippen LogP contribution is -2.65. The number of carbonyl (C=O) groups is 11. The van der Waals surface area contributed by atoms with E-state index in [2.05, 4.69) is 47.9 Å². The summed E-state index contributed by atoms with van der Waals surface area (Å²) in [6.07, 6.45) is 0.405. The number of nitrogens with one attached hydrogen (secondary N) is 9. The van der Waals surface area contributed by atoms with Gasteiger partial charge in [-0.05, 0) is 76.8 Å². The normalized spacial score (nSPS) is 25.5. The van der Waals surface area contributed by atoms with Crippen LogP contribution < -0.4 is 65.1 Å². The topological polar surface area (TPSA) is 424 Å². The van der Waals surface area contributed by atoms with Gasteiger partial charge < -0.3 is 80.0 Å². The zero-order valence-corrected chi connectivity index (χ0v) is 46.0. The Kier molecular flexibility index (Phi) is 28.6. The maximum Gasteiger partial charge on any atom is 0.329 e. The standard InChI is InChI=1S/C52H84N12O14/c1-9-11-13-18-31-24-40(65)56-33(19-20-53)44(69)57-32(10-2)43(68)58-34(21-28(3)4)45(70)62-38(26-54)48(73)59-35(22-29(5)6)47(72)64-42(52(7,8)77)50(75)60-36(25-41(66)67)46(71)63-39(27-55)49(74)61-37(51(76)78-31)23-30-16-14-12-15-17-30/h10,12,14-17,28-29,31,33-39,42,77H,9,11,13,18-27,53-55H2,1-8H3,(H,56,65)(H,57,69)(H,58,68)(H,59,73)(H,60,75)(H,61,74)(H,62,70)(H,63,71)(H,64,72)(H,66,67)/b32-10-/t31?,33-,34-,35-,36?,37?,38?,39-,42+/m0/s1. The van der Waals surface area contributed by atoms with Gasteiger partial charge >= 0.3 is 11.9 Å². The summed E-state index contributed by atoms with van der Waals surface area (Å²) in [5, 5.41) is 43.2. The molecular weight excluding hydrogens is 1020 g/mol. The predicted octanol–water partition coefficient (Wildman–Crippen LogP) is -2.37. The van der Waals surface area contributed by atoms with E-state index in [0.717, 1.165) is 20.3 Å². The summed E-state index contributed by atoms with van der Waals surface area (Å²) in [5.41, 5.74) is 15.9. The summed E-state index contributed by atoms with van der Waals surface area (Å²) in [6, 6.07) is -4.21. The van der Waals surface area contributed by atoms with Crippen LogP contribution in [0.1, 0.15) is 119 Å². The van der Waals surface area contributed by atoms with Crippen LogP contribution in [-0.4, -0.2) is 155 Å². The Balaban J connectivity index is 2.80. The number of aliphatic hydroxyl groups is 1. The fourth-order valence-corrected chi connectivity index (χ4v) is 8.13. The minimum atomic E-state index is -2.12. The van der Waals surface area contributed by atoms with Crippen molar-refractivity contribution in [3.05, 3.63) is 47.7 Å². The van der Waals surface area contributed by atoms with Crippen LogP contribution in [0.5, 0.6) is 0 Å². The van der Waals surface area contributed by atoms with Crippen molar-refractivity contribution in [1.82, 2.24) is 47.9 Å². The van der Waals surface area contributed by atoms with E-state index >= 15 is 0 Å². The highest BCUT2D eigenvalue weighted by atomic mass is 16.5. The lowest BCUT2D eigenvalue weighted by Gasteiger charge is -2.32. The van der Waals surface area contributed by atoms with Crippen molar-refractivity contribution in [1.29, 1.82) is 0 Å². The number of esters is 1. The average molecular weight is 1100 g/mol. The number of benzene rings is 1. The number of amides is 9. The highest BCUT2D eigenvalue weighted by Crippen LogP contribution is 2.16. The van der Waals surface area contributed by atoms with Crippen molar-refractivity contribution in [2.75, 3.05) is 19.6 Å². The molecule has 0 radical (unpaired) electrons. The van der Waals surface area contributed by atoms with Gasteiger partial charge in [0.1, 0.15) is 60.1 Å². The zero-order valence-electron chi connectivity index (χ0n) is 46.0. The number of hydrogen-bond acceptors (Lipinski definition) is 16. The molecule has 26 heteroatoms. The molecule has 1 aromatic rings. The number of allylic oxidation sites excluding steroid dienone is 1. The van der Waals surface area contributed by atoms with Gasteiger partial charge in [0.15, 0.2) is 0 Å². The van der Waals surface area contributed by atoms with Crippen molar-refractivity contribution in [2.45, 2.75) is 180 Å². The molecule has 1 aliphatic heterocycles. The van der Waals surface area contributed by atoms with Crippen LogP contribution in [0.25, 0.3) is 0 Å². The van der Waals surface area contributed by atoms with E-state index in [1.54, 1.807) is 58.0 Å². The van der Waals surface area contributed by atoms with Crippen LogP contribution in [0.15, 0.2) is 42.1 Å². The molecule has 1 fully saturated rings. The Bertz CT molecular complexity index is 2260. The zero-order chi connectivity index (χ0) is 58.9. The fraction of sp³-hybridized carbons (Fsp3) is 0.635. The van der Waals surface area contributed by atoms with Gasteiger partial charge in [0.2, 0.25) is 47.3 Å². The number of aliphatic carboxylic acids is 1. The Morgan fingerprint density at radius 3 is 1.65 bits per heavy atom. The fourth-order valence-electron chi connectivity index (χ4n) is 8.13. The van der Waals surface area contributed by atoms with Crippen LogP contribution in [0.2, 0.25) is 0 Å². The number of carboxylic acids is 1. The molecular formula is C52H84N12O14. The van der Waals surface area contributed by atoms with Crippen molar-refractivity contribution in [3.63, 3.8) is 0 Å². The third-order valence-corrected chi connectivity index (χ3v) is 12.3. The van der Waals surface area contributed by atoms with Crippen molar-refractivity contribution >= 4 is 65.1 Å². The summed E-state index contributed by atoms with van der Waals surface area (Å²) in [4.78, 5) is 151. The quantitative estimate of drug-likeness (QED) is 0.0440. The van der Waals surface area contributed by atoms with Gasteiger partial charge in [0, 0.05) is 19.5 Å². The molecule has 0 saturated carbocycles. The van der Waals surface area contributed by atoms with Gasteiger partial charge in [-0.3, -0.25) is 47.9 Å². The lowest BCUT2D eigenvalue weighted by atomic mass is 9.95. The molecule has 9 atom stereocenters. The molecule has 17 N–H and O–H groups in total. The number of nitrogens with two attached hydrogens (primary N) is 3. The van der Waals surface area contributed by atoms with Crippen LogP contribution in [0, 0.1) is 11.8 Å². The Morgan fingerprint density at radius 1 is 0.654 bits per heavy atom. The number of carbonyl (C=O) groups excluding carboxylic acids is 10. The molecule has 2 rings (SSSR count). The number of rotatable bonds is 17. The molecule has 0 aliphatic carbocycles. The molecule has 1 aliphatic rings. The number of cyclic esters (lactones) is 1. The molecule has 1 saturated heterocycles. The van der Waals surface area contributed by atoms with E-state index in [0.29, 0.717) is 18.4 Å². The van der Waals surface area contributed by atoms with Gasteiger partial charge in [0.25, 0.3) is 5.91 Å². The largest absolute Gasteiger partial charge is 0.481 e. The van der Waals surface area contributed by atoms with Crippen molar-refractivity contribution < 1.29 is 67.7 Å². The summed E-state index contributed by atoms with van der Waals surface area (Å²) in [5.74, 6) is -12.0. The smallest absolute Gasteiger partial charge is 0.329 e. The minimum absolute atomic E-state index is 0.0258. The van der Waals surface area contributed by atoms with Gasteiger partial charge in [-0.1, -0.05) is 83.9 Å². The lowest BCUT2D eigenvalue weighted by molar-refractivity contribution is -0.155. The Labute approximate surface area is 455 Å². The first kappa shape index (κ1) is 67.1. The van der Waals surface area contributed by atoms with Crippen LogP contribution in [0.3, 0.4) is 0 Å². The summed E-state index contributed by atoms with van der Waals surface area (Å²) in [7, 11) is 0. The summed E-state index contributed by atoms with van der Waals surface area (Å²) < 4.78 is 5.93. The average Bonchev–Trinajstić information content (AvgIpc) is 3.35. The molecule has 4 unspecified atom stereocenters. The van der Waals surface area contributed by atoms with E-state index in [9.17, 15) is 63.0 Å². The second-order valence-corrected chi connectivity index (χ2v) is 20.6. The monoisotopic (exact) mass is 1100 g/mol. The maximum atomic E-state index is 14.2. The van der Waals surface area contributed by atoms with E-state index < -0.39 is 151 Å².